The number of non-ortho nitro benzene ring substituents is 1. The summed E-state index contributed by atoms with van der Waals surface area (Å²) in [5.41, 5.74) is -4.45. The van der Waals surface area contributed by atoms with Gasteiger partial charge < -0.3 is 4.74 Å². The highest BCUT2D eigenvalue weighted by Gasteiger charge is 2.47. The Morgan fingerprint density at radius 1 is 1.19 bits per heavy atom. The number of nitrogens with zero attached hydrogens (tertiary/aromatic N) is 2. The molecule has 12 nitrogen and oxygen atoms in total. The van der Waals surface area contributed by atoms with E-state index in [1.807, 2.05) is 0 Å². The summed E-state index contributed by atoms with van der Waals surface area (Å²) in [5.74, 6) is -2.33. The van der Waals surface area contributed by atoms with Crippen LogP contribution in [-0.4, -0.2) is 42.2 Å². The standard InChI is InChI=1S/C13H14N2O10S/c1-4-24-12(17)13(3,8(2)16)25-26(22,23)11-6-5-9(14(18)19)7-10(11)15(20)21/h5-7H,4H2,1-3H3. The Morgan fingerprint density at radius 3 is 2.19 bits per heavy atom. The number of hydrogen-bond donors (Lipinski definition) is 0. The number of carbonyl (C=O) groups is 2. The molecule has 0 saturated heterocycles. The first kappa shape index (κ1) is 21.1. The van der Waals surface area contributed by atoms with Crippen LogP contribution in [0.2, 0.25) is 0 Å². The first-order valence-electron chi connectivity index (χ1n) is 6.93. The van der Waals surface area contributed by atoms with E-state index in [1.54, 1.807) is 0 Å². The Morgan fingerprint density at radius 2 is 1.77 bits per heavy atom. The Labute approximate surface area is 147 Å². The number of nitro groups is 2. The predicted octanol–water partition coefficient (Wildman–Crippen LogP) is 1.12. The number of nitro benzene ring substituents is 2. The van der Waals surface area contributed by atoms with Gasteiger partial charge in [-0.2, -0.15) is 8.42 Å². The van der Waals surface area contributed by atoms with Gasteiger partial charge in [0.2, 0.25) is 5.60 Å². The van der Waals surface area contributed by atoms with Gasteiger partial charge in [0.25, 0.3) is 11.4 Å². The van der Waals surface area contributed by atoms with Crippen molar-refractivity contribution in [2.24, 2.45) is 0 Å². The Kier molecular flexibility index (Phi) is 6.12. The molecule has 13 heteroatoms. The van der Waals surface area contributed by atoms with E-state index in [4.69, 9.17) is 0 Å². The summed E-state index contributed by atoms with van der Waals surface area (Å²) >= 11 is 0. The van der Waals surface area contributed by atoms with Crippen molar-refractivity contribution in [2.45, 2.75) is 31.3 Å². The second-order valence-electron chi connectivity index (χ2n) is 5.01. The molecule has 0 aromatic heterocycles. The van der Waals surface area contributed by atoms with Crippen molar-refractivity contribution in [1.82, 2.24) is 0 Å². The van der Waals surface area contributed by atoms with E-state index in [9.17, 15) is 38.2 Å². The number of esters is 1. The molecule has 142 valence electrons. The molecule has 1 unspecified atom stereocenters. The summed E-state index contributed by atoms with van der Waals surface area (Å²) in [6, 6.07) is 1.71. The molecule has 0 amide bonds. The van der Waals surface area contributed by atoms with Gasteiger partial charge in [-0.05, 0) is 26.8 Å². The van der Waals surface area contributed by atoms with Crippen molar-refractivity contribution in [3.8, 4) is 0 Å². The third-order valence-corrected chi connectivity index (χ3v) is 4.67. The molecule has 1 rings (SSSR count). The van der Waals surface area contributed by atoms with E-state index < -0.39 is 53.6 Å². The number of benzene rings is 1. The van der Waals surface area contributed by atoms with E-state index >= 15 is 0 Å². The molecular weight excluding hydrogens is 376 g/mol. The first-order chi connectivity index (χ1) is 11.9. The van der Waals surface area contributed by atoms with Crippen LogP contribution in [0.1, 0.15) is 20.8 Å². The van der Waals surface area contributed by atoms with Crippen LogP contribution in [0.15, 0.2) is 23.1 Å². The van der Waals surface area contributed by atoms with Crippen molar-refractivity contribution in [3.05, 3.63) is 38.4 Å². The summed E-state index contributed by atoms with van der Waals surface area (Å²) in [4.78, 5) is 42.3. The zero-order chi connectivity index (χ0) is 20.3. The van der Waals surface area contributed by atoms with Crippen molar-refractivity contribution in [1.29, 1.82) is 0 Å². The van der Waals surface area contributed by atoms with E-state index in [0.29, 0.717) is 18.2 Å². The maximum absolute atomic E-state index is 12.4. The van der Waals surface area contributed by atoms with Crippen LogP contribution in [0.5, 0.6) is 0 Å². The second kappa shape index (κ2) is 7.53. The first-order valence-corrected chi connectivity index (χ1v) is 8.34. The lowest BCUT2D eigenvalue weighted by Gasteiger charge is -2.23. The normalized spacial score (nSPS) is 13.5. The van der Waals surface area contributed by atoms with Crippen LogP contribution in [0.3, 0.4) is 0 Å². The predicted molar refractivity (Wildman–Crippen MR) is 83.7 cm³/mol. The maximum Gasteiger partial charge on any atom is 0.347 e. The fourth-order valence-electron chi connectivity index (χ4n) is 1.74. The molecule has 0 aliphatic heterocycles. The Bertz CT molecular complexity index is 879. The number of Topliss-reactive ketones (excluding diaryl/α,β-unsaturated/α-hetero) is 1. The summed E-state index contributed by atoms with van der Waals surface area (Å²) in [6.07, 6.45) is 0. The lowest BCUT2D eigenvalue weighted by molar-refractivity contribution is -0.396. The van der Waals surface area contributed by atoms with Crippen molar-refractivity contribution >= 4 is 33.2 Å². The monoisotopic (exact) mass is 390 g/mol. The highest BCUT2D eigenvalue weighted by Crippen LogP contribution is 2.32. The highest BCUT2D eigenvalue weighted by atomic mass is 32.2. The van der Waals surface area contributed by atoms with Crippen molar-refractivity contribution in [3.63, 3.8) is 0 Å². The van der Waals surface area contributed by atoms with Gasteiger partial charge in [-0.15, -0.1) is 0 Å². The molecule has 0 heterocycles. The van der Waals surface area contributed by atoms with Crippen LogP contribution in [0.4, 0.5) is 11.4 Å². The average Bonchev–Trinajstić information content (AvgIpc) is 2.53. The van der Waals surface area contributed by atoms with Crippen LogP contribution >= 0.6 is 0 Å². The fraction of sp³-hybridized carbons (Fsp3) is 0.385. The molecule has 0 N–H and O–H groups in total. The minimum Gasteiger partial charge on any atom is -0.463 e. The third kappa shape index (κ3) is 4.18. The van der Waals surface area contributed by atoms with Crippen molar-refractivity contribution < 1.29 is 36.8 Å². The van der Waals surface area contributed by atoms with E-state index in [1.165, 1.54) is 6.92 Å². The van der Waals surface area contributed by atoms with Gasteiger partial charge in [0, 0.05) is 6.07 Å². The molecule has 0 spiro atoms. The van der Waals surface area contributed by atoms with Crippen LogP contribution in [-0.2, 0) is 28.6 Å². The van der Waals surface area contributed by atoms with Crippen LogP contribution in [0.25, 0.3) is 0 Å². The lowest BCUT2D eigenvalue weighted by atomic mass is 10.0. The van der Waals surface area contributed by atoms with Gasteiger partial charge in [0.05, 0.1) is 22.5 Å². The Hall–Kier alpha value is -2.93. The summed E-state index contributed by atoms with van der Waals surface area (Å²) < 4.78 is 34.1. The summed E-state index contributed by atoms with van der Waals surface area (Å²) in [6.45, 7) is 2.94. The van der Waals surface area contributed by atoms with Crippen LogP contribution < -0.4 is 0 Å². The highest BCUT2D eigenvalue weighted by molar-refractivity contribution is 7.87. The zero-order valence-corrected chi connectivity index (χ0v) is 14.6. The molecule has 0 fully saturated rings. The minimum atomic E-state index is -5.03. The second-order valence-corrected chi connectivity index (χ2v) is 6.53. The van der Waals surface area contributed by atoms with Gasteiger partial charge in [-0.25, -0.2) is 8.98 Å². The smallest absolute Gasteiger partial charge is 0.347 e. The molecule has 0 bridgehead atoms. The average molecular weight is 390 g/mol. The quantitative estimate of drug-likeness (QED) is 0.206. The van der Waals surface area contributed by atoms with Gasteiger partial charge in [-0.3, -0.25) is 25.0 Å². The van der Waals surface area contributed by atoms with Gasteiger partial charge in [0.15, 0.2) is 10.7 Å². The number of hydrogen-bond acceptors (Lipinski definition) is 10. The molecule has 0 saturated carbocycles. The van der Waals surface area contributed by atoms with Gasteiger partial charge >= 0.3 is 16.1 Å². The van der Waals surface area contributed by atoms with E-state index in [0.717, 1.165) is 13.8 Å². The topological polar surface area (TPSA) is 173 Å². The van der Waals surface area contributed by atoms with Gasteiger partial charge in [0.1, 0.15) is 0 Å². The number of rotatable bonds is 8. The third-order valence-electron chi connectivity index (χ3n) is 3.23. The molecule has 0 aliphatic rings. The SMILES string of the molecule is CCOC(=O)C(C)(OS(=O)(=O)c1ccc([N+](=O)[O-])cc1[N+](=O)[O-])C(C)=O. The summed E-state index contributed by atoms with van der Waals surface area (Å²) in [5, 5.41) is 21.8. The summed E-state index contributed by atoms with van der Waals surface area (Å²) in [7, 11) is -5.03. The number of ketones is 1. The van der Waals surface area contributed by atoms with E-state index in [2.05, 4.69) is 8.92 Å². The van der Waals surface area contributed by atoms with Crippen molar-refractivity contribution in [2.75, 3.05) is 6.61 Å². The van der Waals surface area contributed by atoms with E-state index in [-0.39, 0.29) is 6.61 Å². The van der Waals surface area contributed by atoms with Gasteiger partial charge in [-0.1, -0.05) is 0 Å². The minimum absolute atomic E-state index is 0.178. The fourth-order valence-corrected chi connectivity index (χ4v) is 3.08. The molecule has 1 aromatic carbocycles. The molecule has 0 radical (unpaired) electrons. The zero-order valence-electron chi connectivity index (χ0n) is 13.8. The van der Waals surface area contributed by atoms with Crippen LogP contribution in [0, 0.1) is 20.2 Å². The molecule has 1 atom stereocenters. The molecule has 0 aliphatic carbocycles. The lowest BCUT2D eigenvalue weighted by Crippen LogP contribution is -2.47. The number of carbonyl (C=O) groups excluding carboxylic acids is 2. The molecular formula is C13H14N2O10S. The maximum atomic E-state index is 12.4. The Balaban J connectivity index is 3.50. The number of ether oxygens (including phenoxy) is 1. The molecule has 26 heavy (non-hydrogen) atoms. The molecule has 1 aromatic rings. The largest absolute Gasteiger partial charge is 0.463 e.